The third kappa shape index (κ3) is 3.83. The second-order valence-electron chi connectivity index (χ2n) is 12.8. The molecule has 7 nitrogen and oxygen atoms in total. The van der Waals surface area contributed by atoms with Gasteiger partial charge in [-0.2, -0.15) is 0 Å². The van der Waals surface area contributed by atoms with Crippen molar-refractivity contribution in [3.63, 3.8) is 0 Å². The molecule has 7 heteroatoms. The highest BCUT2D eigenvalue weighted by molar-refractivity contribution is 5.95. The number of rotatable bonds is 5. The van der Waals surface area contributed by atoms with Crippen molar-refractivity contribution in [3.05, 3.63) is 47.8 Å². The molecule has 0 aromatic carbocycles. The number of piperidine rings is 1. The van der Waals surface area contributed by atoms with E-state index in [0.29, 0.717) is 48.6 Å². The summed E-state index contributed by atoms with van der Waals surface area (Å²) in [6.07, 6.45) is 19.8. The summed E-state index contributed by atoms with van der Waals surface area (Å²) < 4.78 is 1.90. The fourth-order valence-electron chi connectivity index (χ4n) is 8.88. The molecule has 1 N–H and O–H groups in total. The fourth-order valence-corrected chi connectivity index (χ4v) is 8.88. The van der Waals surface area contributed by atoms with Crippen LogP contribution in [0.1, 0.15) is 77.5 Å². The molecule has 2 saturated carbocycles. The lowest BCUT2D eigenvalue weighted by molar-refractivity contribution is -0.156. The normalized spacial score (nSPS) is 37.7. The van der Waals surface area contributed by atoms with Crippen LogP contribution in [0.5, 0.6) is 0 Å². The minimum absolute atomic E-state index is 0.0515. The Morgan fingerprint density at radius 2 is 1.95 bits per heavy atom. The first kappa shape index (κ1) is 24.6. The Labute approximate surface area is 220 Å². The SMILES string of the molecule is CC(C1C=CC=C1)n1cc(CNC(=O)C2=CC[C@H]3[C@@H]4CC[C@H]5N(C)C(=O)CC[C@]5(C)[C@H]4CC[C@]23C)nn1. The van der Waals surface area contributed by atoms with Gasteiger partial charge in [-0.3, -0.25) is 9.59 Å². The average Bonchev–Trinajstić information content (AvgIpc) is 3.64. The van der Waals surface area contributed by atoms with E-state index in [1.807, 2.05) is 17.9 Å². The first-order valence-corrected chi connectivity index (χ1v) is 14.2. The monoisotopic (exact) mass is 503 g/mol. The number of amides is 2. The smallest absolute Gasteiger partial charge is 0.247 e. The van der Waals surface area contributed by atoms with Crippen molar-refractivity contribution in [3.8, 4) is 0 Å². The van der Waals surface area contributed by atoms with Crippen molar-refractivity contribution in [2.45, 2.75) is 84.3 Å². The fraction of sp³-hybridized carbons (Fsp3) is 0.667. The lowest BCUT2D eigenvalue weighted by atomic mass is 9.47. The zero-order chi connectivity index (χ0) is 25.9. The van der Waals surface area contributed by atoms with Gasteiger partial charge in [0.2, 0.25) is 11.8 Å². The predicted molar refractivity (Wildman–Crippen MR) is 142 cm³/mol. The number of carbonyl (C=O) groups excluding carboxylic acids is 2. The van der Waals surface area contributed by atoms with Gasteiger partial charge in [0.1, 0.15) is 5.69 Å². The van der Waals surface area contributed by atoms with E-state index in [1.54, 1.807) is 0 Å². The molecule has 1 saturated heterocycles. The highest BCUT2D eigenvalue weighted by Gasteiger charge is 2.60. The highest BCUT2D eigenvalue weighted by Crippen LogP contribution is 2.64. The second kappa shape index (κ2) is 8.95. The average molecular weight is 504 g/mol. The lowest BCUT2D eigenvalue weighted by Crippen LogP contribution is -2.61. The summed E-state index contributed by atoms with van der Waals surface area (Å²) in [6.45, 7) is 7.31. The number of hydrogen-bond acceptors (Lipinski definition) is 4. The van der Waals surface area contributed by atoms with Crippen LogP contribution in [0, 0.1) is 34.5 Å². The van der Waals surface area contributed by atoms with Crippen molar-refractivity contribution in [1.82, 2.24) is 25.2 Å². The summed E-state index contributed by atoms with van der Waals surface area (Å²) in [5.74, 6) is 2.47. The molecule has 37 heavy (non-hydrogen) atoms. The van der Waals surface area contributed by atoms with Gasteiger partial charge < -0.3 is 10.2 Å². The molecular weight excluding hydrogens is 462 g/mol. The quantitative estimate of drug-likeness (QED) is 0.637. The molecule has 6 rings (SSSR count). The molecule has 2 heterocycles. The molecule has 1 unspecified atom stereocenters. The zero-order valence-electron chi connectivity index (χ0n) is 22.7. The Balaban J connectivity index is 1.11. The maximum absolute atomic E-state index is 13.5. The van der Waals surface area contributed by atoms with E-state index >= 15 is 0 Å². The summed E-state index contributed by atoms with van der Waals surface area (Å²) in [7, 11) is 2.01. The number of fused-ring (bicyclic) bond motifs is 5. The third-order valence-corrected chi connectivity index (χ3v) is 11.1. The van der Waals surface area contributed by atoms with Gasteiger partial charge in [-0.15, -0.1) is 5.10 Å². The summed E-state index contributed by atoms with van der Waals surface area (Å²) in [4.78, 5) is 27.9. The number of nitrogens with one attached hydrogen (secondary N) is 1. The van der Waals surface area contributed by atoms with Crippen LogP contribution in [0.2, 0.25) is 0 Å². The van der Waals surface area contributed by atoms with E-state index in [0.717, 1.165) is 49.8 Å². The zero-order valence-corrected chi connectivity index (χ0v) is 22.7. The number of hydrogen-bond donors (Lipinski definition) is 1. The van der Waals surface area contributed by atoms with Crippen molar-refractivity contribution in [2.75, 3.05) is 7.05 Å². The molecule has 5 aliphatic rings. The van der Waals surface area contributed by atoms with Gasteiger partial charge in [0.05, 0.1) is 18.8 Å². The molecule has 7 atom stereocenters. The van der Waals surface area contributed by atoms with Crippen molar-refractivity contribution in [1.29, 1.82) is 0 Å². The molecule has 0 bridgehead atoms. The highest BCUT2D eigenvalue weighted by atomic mass is 16.2. The number of aromatic nitrogens is 3. The summed E-state index contributed by atoms with van der Waals surface area (Å²) in [5, 5.41) is 11.8. The molecule has 198 valence electrons. The molecule has 0 spiro atoms. The molecule has 1 aliphatic heterocycles. The standard InChI is InChI=1S/C30H41N5O2/c1-19(20-7-5-6-8-20)35-18-21(32-33-35)17-31-28(37)25-11-10-23-22-9-12-26-30(3,16-14-27(36)34(26)4)24(22)13-15-29(23,25)2/h5-8,11,18-20,22-24,26H,9-10,12-17H2,1-4H3,(H,31,37)/t19?,22-,23-,24-,26+,29-,30+/m0/s1. The minimum Gasteiger partial charge on any atom is -0.347 e. The largest absolute Gasteiger partial charge is 0.347 e. The van der Waals surface area contributed by atoms with Crippen molar-refractivity contribution >= 4 is 11.8 Å². The van der Waals surface area contributed by atoms with E-state index < -0.39 is 0 Å². The number of likely N-dealkylation sites (tertiary alicyclic amines) is 1. The lowest BCUT2D eigenvalue weighted by Gasteiger charge is -2.61. The molecule has 4 aliphatic carbocycles. The van der Waals surface area contributed by atoms with E-state index in [2.05, 4.69) is 71.7 Å². The van der Waals surface area contributed by atoms with E-state index in [1.165, 1.54) is 0 Å². The van der Waals surface area contributed by atoms with Crippen LogP contribution in [-0.4, -0.2) is 44.8 Å². The van der Waals surface area contributed by atoms with E-state index in [-0.39, 0.29) is 22.8 Å². The van der Waals surface area contributed by atoms with Gasteiger partial charge in [0.25, 0.3) is 0 Å². The second-order valence-corrected chi connectivity index (χ2v) is 12.8. The van der Waals surface area contributed by atoms with Crippen LogP contribution in [0.25, 0.3) is 0 Å². The van der Waals surface area contributed by atoms with Crippen LogP contribution in [0.4, 0.5) is 0 Å². The minimum atomic E-state index is -0.0713. The van der Waals surface area contributed by atoms with Crippen LogP contribution < -0.4 is 5.32 Å². The third-order valence-electron chi connectivity index (χ3n) is 11.1. The Hall–Kier alpha value is -2.70. The summed E-state index contributed by atoms with van der Waals surface area (Å²) >= 11 is 0. The molecular formula is C30H41N5O2. The van der Waals surface area contributed by atoms with Crippen LogP contribution in [0.15, 0.2) is 42.2 Å². The van der Waals surface area contributed by atoms with E-state index in [4.69, 9.17) is 0 Å². The van der Waals surface area contributed by atoms with Crippen LogP contribution >= 0.6 is 0 Å². The van der Waals surface area contributed by atoms with Crippen molar-refractivity contribution in [2.24, 2.45) is 34.5 Å². The number of allylic oxidation sites excluding steroid dienone is 5. The van der Waals surface area contributed by atoms with Crippen LogP contribution in [0.3, 0.4) is 0 Å². The molecule has 3 fully saturated rings. The molecule has 1 aromatic rings. The summed E-state index contributed by atoms with van der Waals surface area (Å²) in [5.41, 5.74) is 1.89. The molecule has 1 aromatic heterocycles. The van der Waals surface area contributed by atoms with E-state index in [9.17, 15) is 9.59 Å². The summed E-state index contributed by atoms with van der Waals surface area (Å²) in [6, 6.07) is 0.562. The maximum Gasteiger partial charge on any atom is 0.247 e. The Bertz CT molecular complexity index is 1170. The topological polar surface area (TPSA) is 80.1 Å². The Morgan fingerprint density at radius 1 is 1.16 bits per heavy atom. The number of carbonyl (C=O) groups is 2. The van der Waals surface area contributed by atoms with Crippen LogP contribution in [-0.2, 0) is 16.1 Å². The maximum atomic E-state index is 13.5. The van der Waals surface area contributed by atoms with Gasteiger partial charge >= 0.3 is 0 Å². The Kier molecular flexibility index (Phi) is 5.96. The first-order chi connectivity index (χ1) is 17.7. The predicted octanol–water partition coefficient (Wildman–Crippen LogP) is 4.60. The molecule has 0 radical (unpaired) electrons. The van der Waals surface area contributed by atoms with Gasteiger partial charge in [-0.25, -0.2) is 4.68 Å². The Morgan fingerprint density at radius 3 is 2.73 bits per heavy atom. The number of nitrogens with zero attached hydrogens (tertiary/aromatic N) is 4. The first-order valence-electron chi connectivity index (χ1n) is 14.2. The van der Waals surface area contributed by atoms with Crippen molar-refractivity contribution < 1.29 is 9.59 Å². The van der Waals surface area contributed by atoms with Gasteiger partial charge in [-0.05, 0) is 68.6 Å². The van der Waals surface area contributed by atoms with Gasteiger partial charge in [0.15, 0.2) is 0 Å². The van der Waals surface area contributed by atoms with Gasteiger partial charge in [-0.1, -0.05) is 49.4 Å². The van der Waals surface area contributed by atoms with Gasteiger partial charge in [0, 0.05) is 36.4 Å². The molecule has 2 amide bonds.